The van der Waals surface area contributed by atoms with Crippen LogP contribution in [0.5, 0.6) is 5.75 Å². The summed E-state index contributed by atoms with van der Waals surface area (Å²) in [6.45, 7) is 3.32. The molecule has 84 valence electrons. The standard InChI is InChI=1S/C11H11NO3S/c1-7-4-10(16-6-12)8(2)3-9(7)15-5-11(13)14/h3-4H,5H2,1-2H3,(H,13,14). The van der Waals surface area contributed by atoms with Gasteiger partial charge < -0.3 is 9.84 Å². The largest absolute Gasteiger partial charge is 0.482 e. The molecule has 4 nitrogen and oxygen atoms in total. The predicted octanol–water partition coefficient (Wildman–Crippen LogP) is 2.34. The maximum atomic E-state index is 10.4. The number of aliphatic carboxylic acids is 1. The molecule has 0 aliphatic carbocycles. The highest BCUT2D eigenvalue weighted by molar-refractivity contribution is 8.03. The van der Waals surface area contributed by atoms with Gasteiger partial charge in [0.15, 0.2) is 6.61 Å². The number of ether oxygens (including phenoxy) is 1. The number of carboxylic acid groups (broad SMARTS) is 1. The number of nitrogens with zero attached hydrogens (tertiary/aromatic N) is 1. The van der Waals surface area contributed by atoms with Gasteiger partial charge in [0.25, 0.3) is 0 Å². The van der Waals surface area contributed by atoms with E-state index in [0.717, 1.165) is 27.8 Å². The summed E-state index contributed by atoms with van der Waals surface area (Å²) in [7, 11) is 0. The van der Waals surface area contributed by atoms with E-state index in [0.29, 0.717) is 5.75 Å². The van der Waals surface area contributed by atoms with E-state index in [-0.39, 0.29) is 6.61 Å². The normalized spacial score (nSPS) is 9.56. The zero-order valence-electron chi connectivity index (χ0n) is 8.98. The molecule has 0 aliphatic rings. The Hall–Kier alpha value is -1.67. The number of thiocyanates is 1. The Balaban J connectivity index is 2.92. The van der Waals surface area contributed by atoms with E-state index in [2.05, 4.69) is 0 Å². The molecule has 0 atom stereocenters. The number of hydrogen-bond donors (Lipinski definition) is 1. The fourth-order valence-electron chi connectivity index (χ4n) is 1.22. The lowest BCUT2D eigenvalue weighted by atomic mass is 10.1. The Kier molecular flexibility index (Phi) is 4.20. The molecule has 0 saturated heterocycles. The molecule has 1 N–H and O–H groups in total. The summed E-state index contributed by atoms with van der Waals surface area (Å²) < 4.78 is 5.12. The maximum Gasteiger partial charge on any atom is 0.341 e. The molecule has 0 aliphatic heterocycles. The summed E-state index contributed by atoms with van der Waals surface area (Å²) in [4.78, 5) is 11.2. The average molecular weight is 237 g/mol. The van der Waals surface area contributed by atoms with E-state index in [1.807, 2.05) is 25.3 Å². The third-order valence-electron chi connectivity index (χ3n) is 1.98. The van der Waals surface area contributed by atoms with Crippen LogP contribution in [0.15, 0.2) is 17.0 Å². The summed E-state index contributed by atoms with van der Waals surface area (Å²) in [5, 5.41) is 19.1. The second kappa shape index (κ2) is 5.42. The van der Waals surface area contributed by atoms with Crippen molar-refractivity contribution in [3.63, 3.8) is 0 Å². The molecular weight excluding hydrogens is 226 g/mol. The van der Waals surface area contributed by atoms with Crippen molar-refractivity contribution < 1.29 is 14.6 Å². The molecule has 0 amide bonds. The fourth-order valence-corrected chi connectivity index (χ4v) is 1.77. The van der Waals surface area contributed by atoms with Crippen LogP contribution in [-0.2, 0) is 4.79 Å². The molecule has 0 saturated carbocycles. The van der Waals surface area contributed by atoms with Crippen LogP contribution in [0, 0.1) is 24.5 Å². The Labute approximate surface area is 97.8 Å². The number of benzene rings is 1. The minimum Gasteiger partial charge on any atom is -0.482 e. The van der Waals surface area contributed by atoms with E-state index in [1.54, 1.807) is 6.07 Å². The van der Waals surface area contributed by atoms with Crippen LogP contribution in [-0.4, -0.2) is 17.7 Å². The highest BCUT2D eigenvalue weighted by Crippen LogP contribution is 2.28. The molecular formula is C11H11NO3S. The molecule has 0 radical (unpaired) electrons. The number of rotatable bonds is 4. The van der Waals surface area contributed by atoms with E-state index in [4.69, 9.17) is 15.1 Å². The molecule has 0 aromatic heterocycles. The minimum atomic E-state index is -1.01. The summed E-state index contributed by atoms with van der Waals surface area (Å²) in [6.07, 6.45) is 0. The zero-order valence-corrected chi connectivity index (χ0v) is 9.80. The van der Waals surface area contributed by atoms with Crippen LogP contribution >= 0.6 is 11.8 Å². The molecule has 5 heteroatoms. The van der Waals surface area contributed by atoms with Crippen LogP contribution in [0.4, 0.5) is 0 Å². The van der Waals surface area contributed by atoms with Gasteiger partial charge >= 0.3 is 5.97 Å². The van der Waals surface area contributed by atoms with Crippen molar-refractivity contribution in [1.29, 1.82) is 5.26 Å². The van der Waals surface area contributed by atoms with Gasteiger partial charge in [-0.1, -0.05) is 0 Å². The molecule has 0 heterocycles. The number of nitriles is 1. The lowest BCUT2D eigenvalue weighted by Gasteiger charge is -2.10. The Morgan fingerprint density at radius 2 is 2.19 bits per heavy atom. The Morgan fingerprint density at radius 1 is 1.50 bits per heavy atom. The fraction of sp³-hybridized carbons (Fsp3) is 0.273. The zero-order chi connectivity index (χ0) is 12.1. The van der Waals surface area contributed by atoms with Gasteiger partial charge in [0.2, 0.25) is 0 Å². The molecule has 1 rings (SSSR count). The van der Waals surface area contributed by atoms with Crippen molar-refractivity contribution in [1.82, 2.24) is 0 Å². The molecule has 1 aromatic rings. The van der Waals surface area contributed by atoms with Crippen molar-refractivity contribution in [3.8, 4) is 11.2 Å². The number of carboxylic acids is 1. The molecule has 0 unspecified atom stereocenters. The van der Waals surface area contributed by atoms with Gasteiger partial charge in [0.1, 0.15) is 11.2 Å². The topological polar surface area (TPSA) is 70.3 Å². The Morgan fingerprint density at radius 3 is 2.75 bits per heavy atom. The van der Waals surface area contributed by atoms with Gasteiger partial charge in [0.05, 0.1) is 0 Å². The smallest absolute Gasteiger partial charge is 0.341 e. The van der Waals surface area contributed by atoms with Gasteiger partial charge in [-0.25, -0.2) is 4.79 Å². The van der Waals surface area contributed by atoms with E-state index in [9.17, 15) is 4.79 Å². The quantitative estimate of drug-likeness (QED) is 0.643. The second-order valence-corrected chi connectivity index (χ2v) is 4.09. The summed E-state index contributed by atoms with van der Waals surface area (Å²) >= 11 is 1.08. The Bertz CT molecular complexity index is 451. The van der Waals surface area contributed by atoms with Crippen LogP contribution in [0.25, 0.3) is 0 Å². The minimum absolute atomic E-state index is 0.356. The van der Waals surface area contributed by atoms with Gasteiger partial charge in [-0.15, -0.1) is 0 Å². The van der Waals surface area contributed by atoms with Crippen molar-refractivity contribution >= 4 is 17.7 Å². The third kappa shape index (κ3) is 3.17. The third-order valence-corrected chi connectivity index (χ3v) is 2.73. The highest BCUT2D eigenvalue weighted by Gasteiger charge is 2.07. The van der Waals surface area contributed by atoms with Gasteiger partial charge in [-0.3, -0.25) is 0 Å². The summed E-state index contributed by atoms with van der Waals surface area (Å²) in [5.74, 6) is -0.463. The number of aryl methyl sites for hydroxylation is 2. The molecule has 16 heavy (non-hydrogen) atoms. The first-order valence-electron chi connectivity index (χ1n) is 4.56. The van der Waals surface area contributed by atoms with E-state index in [1.165, 1.54) is 0 Å². The first-order valence-corrected chi connectivity index (χ1v) is 5.38. The van der Waals surface area contributed by atoms with Gasteiger partial charge in [-0.05, 0) is 48.9 Å². The van der Waals surface area contributed by atoms with Gasteiger partial charge in [-0.2, -0.15) is 5.26 Å². The summed E-state index contributed by atoms with van der Waals surface area (Å²) in [6, 6.07) is 3.57. The van der Waals surface area contributed by atoms with E-state index >= 15 is 0 Å². The molecule has 0 bridgehead atoms. The van der Waals surface area contributed by atoms with Crippen LogP contribution in [0.3, 0.4) is 0 Å². The van der Waals surface area contributed by atoms with Crippen LogP contribution < -0.4 is 4.74 Å². The number of hydrogen-bond acceptors (Lipinski definition) is 4. The van der Waals surface area contributed by atoms with E-state index < -0.39 is 5.97 Å². The average Bonchev–Trinajstić information content (AvgIpc) is 2.21. The number of carbonyl (C=O) groups is 1. The van der Waals surface area contributed by atoms with Gasteiger partial charge in [0, 0.05) is 4.90 Å². The maximum absolute atomic E-state index is 10.4. The van der Waals surface area contributed by atoms with Crippen LogP contribution in [0.2, 0.25) is 0 Å². The molecule has 0 fully saturated rings. The van der Waals surface area contributed by atoms with Crippen LogP contribution in [0.1, 0.15) is 11.1 Å². The SMILES string of the molecule is Cc1cc(SC#N)c(C)cc1OCC(=O)O. The number of thioether (sulfide) groups is 1. The first kappa shape index (κ1) is 12.4. The second-order valence-electron chi connectivity index (χ2n) is 3.26. The lowest BCUT2D eigenvalue weighted by Crippen LogP contribution is -2.10. The summed E-state index contributed by atoms with van der Waals surface area (Å²) in [5.41, 5.74) is 1.72. The van der Waals surface area contributed by atoms with Crippen molar-refractivity contribution in [2.45, 2.75) is 18.7 Å². The van der Waals surface area contributed by atoms with Crippen molar-refractivity contribution in [2.75, 3.05) is 6.61 Å². The monoisotopic (exact) mass is 237 g/mol. The molecule has 0 spiro atoms. The van der Waals surface area contributed by atoms with Crippen molar-refractivity contribution in [3.05, 3.63) is 23.3 Å². The predicted molar refractivity (Wildman–Crippen MR) is 60.5 cm³/mol. The van der Waals surface area contributed by atoms with Crippen molar-refractivity contribution in [2.24, 2.45) is 0 Å². The molecule has 1 aromatic carbocycles. The lowest BCUT2D eigenvalue weighted by molar-refractivity contribution is -0.139. The first-order chi connectivity index (χ1) is 7.54. The highest BCUT2D eigenvalue weighted by atomic mass is 32.2.